The van der Waals surface area contributed by atoms with Gasteiger partial charge in [-0.1, -0.05) is 6.07 Å². The number of nitrogens with zero attached hydrogens (tertiary/aromatic N) is 4. The lowest BCUT2D eigenvalue weighted by molar-refractivity contribution is 0.407. The van der Waals surface area contributed by atoms with Crippen LogP contribution < -0.4 is 10.2 Å². The fourth-order valence-corrected chi connectivity index (χ4v) is 4.44. The van der Waals surface area contributed by atoms with Crippen LogP contribution >= 0.6 is 0 Å². The van der Waals surface area contributed by atoms with Gasteiger partial charge in [-0.25, -0.2) is 9.37 Å². The Bertz CT molecular complexity index is 1260. The number of aryl methyl sites for hydroxylation is 1. The van der Waals surface area contributed by atoms with E-state index in [2.05, 4.69) is 34.1 Å². The van der Waals surface area contributed by atoms with Gasteiger partial charge < -0.3 is 15.3 Å². The van der Waals surface area contributed by atoms with Crippen LogP contribution in [0.15, 0.2) is 42.6 Å². The van der Waals surface area contributed by atoms with Gasteiger partial charge >= 0.3 is 0 Å². The number of hydrogen-bond acceptors (Lipinski definition) is 5. The monoisotopic (exact) mass is 405 g/mol. The van der Waals surface area contributed by atoms with Gasteiger partial charge in [0.15, 0.2) is 5.82 Å². The van der Waals surface area contributed by atoms with Crippen molar-refractivity contribution in [2.75, 3.05) is 18.0 Å². The zero-order valence-electron chi connectivity index (χ0n) is 17.2. The first-order chi connectivity index (χ1) is 14.4. The summed E-state index contributed by atoms with van der Waals surface area (Å²) in [5.41, 5.74) is 2.97. The fraction of sp³-hybridized carbons (Fsp3) is 0.304. The van der Waals surface area contributed by atoms with E-state index in [9.17, 15) is 5.11 Å². The Morgan fingerprint density at radius 1 is 1.07 bits per heavy atom. The zero-order valence-corrected chi connectivity index (χ0v) is 17.2. The molecule has 154 valence electrons. The Morgan fingerprint density at radius 3 is 2.60 bits per heavy atom. The van der Waals surface area contributed by atoms with Crippen LogP contribution in [0.1, 0.15) is 13.8 Å². The Kier molecular flexibility index (Phi) is 4.36. The van der Waals surface area contributed by atoms with E-state index in [1.807, 2.05) is 37.5 Å². The molecular weight excluding hydrogens is 381 g/mol. The lowest BCUT2D eigenvalue weighted by Crippen LogP contribution is -2.54. The maximum absolute atomic E-state index is 15.1. The predicted octanol–water partition coefficient (Wildman–Crippen LogP) is 3.82. The molecule has 0 radical (unpaired) electrons. The number of anilines is 1. The highest BCUT2D eigenvalue weighted by atomic mass is 19.1. The first-order valence-corrected chi connectivity index (χ1v) is 10.2. The highest BCUT2D eigenvalue weighted by Crippen LogP contribution is 2.34. The van der Waals surface area contributed by atoms with Gasteiger partial charge in [0, 0.05) is 66.5 Å². The minimum atomic E-state index is -0.356. The second-order valence-corrected chi connectivity index (χ2v) is 8.30. The molecule has 0 saturated carbocycles. The van der Waals surface area contributed by atoms with Crippen molar-refractivity contribution >= 4 is 27.5 Å². The minimum Gasteiger partial charge on any atom is -0.507 e. The molecule has 0 bridgehead atoms. The number of halogens is 1. The summed E-state index contributed by atoms with van der Waals surface area (Å²) < 4.78 is 16.8. The maximum Gasteiger partial charge on any atom is 0.151 e. The second-order valence-electron chi connectivity index (χ2n) is 8.30. The first-order valence-electron chi connectivity index (χ1n) is 10.2. The fourth-order valence-electron chi connectivity index (χ4n) is 4.44. The van der Waals surface area contributed by atoms with Crippen LogP contribution in [0.25, 0.3) is 33.1 Å². The molecule has 1 aliphatic rings. The number of benzene rings is 2. The SMILES string of the molecule is CC1CN(c2cc(F)c3nc(-c4cc5cn(C)nc5cc4O)ccc3c2)CC(C)N1. The Morgan fingerprint density at radius 2 is 1.83 bits per heavy atom. The van der Waals surface area contributed by atoms with E-state index >= 15 is 4.39 Å². The third-order valence-corrected chi connectivity index (χ3v) is 5.67. The van der Waals surface area contributed by atoms with Gasteiger partial charge in [0.05, 0.1) is 11.2 Å². The van der Waals surface area contributed by atoms with Crippen molar-refractivity contribution < 1.29 is 9.50 Å². The van der Waals surface area contributed by atoms with Crippen molar-refractivity contribution in [1.29, 1.82) is 0 Å². The van der Waals surface area contributed by atoms with Gasteiger partial charge in [-0.15, -0.1) is 0 Å². The highest BCUT2D eigenvalue weighted by Gasteiger charge is 2.22. The molecular formula is C23H24FN5O. The molecule has 3 heterocycles. The van der Waals surface area contributed by atoms with Crippen molar-refractivity contribution in [3.8, 4) is 17.0 Å². The van der Waals surface area contributed by atoms with E-state index in [0.717, 1.165) is 29.5 Å². The number of fused-ring (bicyclic) bond motifs is 2. The van der Waals surface area contributed by atoms with Crippen molar-refractivity contribution in [1.82, 2.24) is 20.1 Å². The average Bonchev–Trinajstić information content (AvgIpc) is 3.05. The van der Waals surface area contributed by atoms with Crippen LogP contribution in [-0.4, -0.2) is 45.0 Å². The van der Waals surface area contributed by atoms with Crippen LogP contribution in [0.3, 0.4) is 0 Å². The van der Waals surface area contributed by atoms with Gasteiger partial charge in [-0.3, -0.25) is 4.68 Å². The Labute approximate surface area is 173 Å². The maximum atomic E-state index is 15.1. The predicted molar refractivity (Wildman–Crippen MR) is 117 cm³/mol. The molecule has 0 spiro atoms. The minimum absolute atomic E-state index is 0.0777. The third kappa shape index (κ3) is 3.25. The molecule has 2 aromatic heterocycles. The molecule has 2 aromatic carbocycles. The number of pyridine rings is 1. The highest BCUT2D eigenvalue weighted by molar-refractivity contribution is 5.90. The normalized spacial score (nSPS) is 19.7. The van der Waals surface area contributed by atoms with E-state index in [-0.39, 0.29) is 11.6 Å². The summed E-state index contributed by atoms with van der Waals surface area (Å²) in [6, 6.07) is 11.4. The standard InChI is InChI=1S/C23H24FN5O/c1-13-10-29(11-14(2)25-13)17-6-15-4-5-20(26-23(15)19(24)8-17)18-7-16-12-28(3)27-21(16)9-22(18)30/h4-9,12-14,25,30H,10-11H2,1-3H3. The van der Waals surface area contributed by atoms with Crippen LogP contribution in [-0.2, 0) is 7.05 Å². The smallest absolute Gasteiger partial charge is 0.151 e. The van der Waals surface area contributed by atoms with E-state index in [4.69, 9.17) is 0 Å². The van der Waals surface area contributed by atoms with E-state index in [1.54, 1.807) is 16.8 Å². The molecule has 2 unspecified atom stereocenters. The molecule has 4 aromatic rings. The van der Waals surface area contributed by atoms with Gasteiger partial charge in [-0.2, -0.15) is 5.10 Å². The van der Waals surface area contributed by atoms with Crippen molar-refractivity contribution in [3.05, 3.63) is 48.4 Å². The largest absolute Gasteiger partial charge is 0.507 e. The van der Waals surface area contributed by atoms with Crippen LogP contribution in [0.4, 0.5) is 10.1 Å². The third-order valence-electron chi connectivity index (χ3n) is 5.67. The molecule has 2 atom stereocenters. The summed E-state index contributed by atoms with van der Waals surface area (Å²) in [4.78, 5) is 6.76. The van der Waals surface area contributed by atoms with Crippen molar-refractivity contribution in [2.45, 2.75) is 25.9 Å². The Balaban J connectivity index is 1.57. The van der Waals surface area contributed by atoms with Crippen LogP contribution in [0.2, 0.25) is 0 Å². The average molecular weight is 405 g/mol. The van der Waals surface area contributed by atoms with E-state index in [1.165, 1.54) is 0 Å². The van der Waals surface area contributed by atoms with Crippen molar-refractivity contribution in [3.63, 3.8) is 0 Å². The summed E-state index contributed by atoms with van der Waals surface area (Å²) in [6.45, 7) is 5.94. The molecule has 1 fully saturated rings. The molecule has 0 aliphatic carbocycles. The summed E-state index contributed by atoms with van der Waals surface area (Å²) in [5.74, 6) is -0.279. The first kappa shape index (κ1) is 18.8. The number of hydrogen-bond donors (Lipinski definition) is 2. The second kappa shape index (κ2) is 6.95. The zero-order chi connectivity index (χ0) is 21.0. The number of aromatic nitrogens is 3. The van der Waals surface area contributed by atoms with Gasteiger partial charge in [0.1, 0.15) is 11.3 Å². The van der Waals surface area contributed by atoms with E-state index in [0.29, 0.717) is 34.4 Å². The number of rotatable bonds is 2. The van der Waals surface area contributed by atoms with Gasteiger partial charge in [-0.05, 0) is 38.1 Å². The topological polar surface area (TPSA) is 66.2 Å². The Hall–Kier alpha value is -3.19. The van der Waals surface area contributed by atoms with E-state index < -0.39 is 0 Å². The van der Waals surface area contributed by atoms with Crippen LogP contribution in [0, 0.1) is 5.82 Å². The number of phenols is 1. The van der Waals surface area contributed by atoms with Gasteiger partial charge in [0.25, 0.3) is 0 Å². The molecule has 30 heavy (non-hydrogen) atoms. The number of nitrogens with one attached hydrogen (secondary N) is 1. The molecule has 7 heteroatoms. The summed E-state index contributed by atoms with van der Waals surface area (Å²) in [6.07, 6.45) is 1.88. The summed E-state index contributed by atoms with van der Waals surface area (Å²) in [5, 5.41) is 19.9. The molecule has 6 nitrogen and oxygen atoms in total. The molecule has 1 aliphatic heterocycles. The quantitative estimate of drug-likeness (QED) is 0.531. The molecule has 5 rings (SSSR count). The molecule has 2 N–H and O–H groups in total. The lowest BCUT2D eigenvalue weighted by atomic mass is 10.1. The van der Waals surface area contributed by atoms with Crippen molar-refractivity contribution in [2.24, 2.45) is 7.05 Å². The lowest BCUT2D eigenvalue weighted by Gasteiger charge is -2.37. The van der Waals surface area contributed by atoms with Gasteiger partial charge in [0.2, 0.25) is 0 Å². The number of piperazine rings is 1. The summed E-state index contributed by atoms with van der Waals surface area (Å²) in [7, 11) is 1.83. The number of aromatic hydroxyl groups is 1. The molecule has 0 amide bonds. The number of phenolic OH excluding ortho intramolecular Hbond substituents is 1. The summed E-state index contributed by atoms with van der Waals surface area (Å²) >= 11 is 0. The molecule has 1 saturated heterocycles. The van der Waals surface area contributed by atoms with Crippen LogP contribution in [0.5, 0.6) is 5.75 Å².